The van der Waals surface area contributed by atoms with Gasteiger partial charge in [-0.2, -0.15) is 0 Å². The summed E-state index contributed by atoms with van der Waals surface area (Å²) in [5, 5.41) is 6.41. The first-order valence-corrected chi connectivity index (χ1v) is 8.25. The molecular weight excluding hydrogens is 288 g/mol. The summed E-state index contributed by atoms with van der Waals surface area (Å²) < 4.78 is 0. The van der Waals surface area contributed by atoms with E-state index in [0.29, 0.717) is 18.4 Å². The van der Waals surface area contributed by atoms with E-state index in [-0.39, 0.29) is 12.5 Å². The van der Waals surface area contributed by atoms with Crippen molar-refractivity contribution in [1.82, 2.24) is 15.5 Å². The highest BCUT2D eigenvalue weighted by Crippen LogP contribution is 2.02. The van der Waals surface area contributed by atoms with Crippen molar-refractivity contribution in [2.45, 2.75) is 33.2 Å². The van der Waals surface area contributed by atoms with E-state index in [4.69, 9.17) is 0 Å². The van der Waals surface area contributed by atoms with E-state index in [1.54, 1.807) is 19.0 Å². The quantitative estimate of drug-likeness (QED) is 0.439. The summed E-state index contributed by atoms with van der Waals surface area (Å²) in [6.45, 7) is 6.14. The van der Waals surface area contributed by atoms with Crippen molar-refractivity contribution in [3.8, 4) is 0 Å². The molecule has 0 fully saturated rings. The van der Waals surface area contributed by atoms with Crippen LogP contribution in [-0.2, 0) is 11.3 Å². The van der Waals surface area contributed by atoms with Crippen molar-refractivity contribution in [3.63, 3.8) is 0 Å². The summed E-state index contributed by atoms with van der Waals surface area (Å²) in [6.07, 6.45) is 2.26. The van der Waals surface area contributed by atoms with Gasteiger partial charge in [0.05, 0.1) is 13.1 Å². The monoisotopic (exact) mass is 318 g/mol. The van der Waals surface area contributed by atoms with Crippen molar-refractivity contribution in [2.24, 2.45) is 10.9 Å². The Hall–Kier alpha value is -2.04. The van der Waals surface area contributed by atoms with Crippen LogP contribution in [-0.4, -0.2) is 44.0 Å². The summed E-state index contributed by atoms with van der Waals surface area (Å²) in [4.78, 5) is 17.9. The van der Waals surface area contributed by atoms with Gasteiger partial charge in [-0.1, -0.05) is 44.2 Å². The van der Waals surface area contributed by atoms with Crippen LogP contribution >= 0.6 is 0 Å². The first kappa shape index (κ1) is 19.0. The van der Waals surface area contributed by atoms with Crippen LogP contribution in [0.3, 0.4) is 0 Å². The maximum atomic E-state index is 11.7. The second-order valence-electron chi connectivity index (χ2n) is 6.26. The topological polar surface area (TPSA) is 56.7 Å². The molecule has 0 spiro atoms. The van der Waals surface area contributed by atoms with E-state index in [1.165, 1.54) is 6.42 Å². The zero-order chi connectivity index (χ0) is 17.1. The first-order valence-electron chi connectivity index (χ1n) is 8.25. The minimum atomic E-state index is 0.0291. The van der Waals surface area contributed by atoms with E-state index < -0.39 is 0 Å². The molecule has 0 radical (unpaired) electrons. The highest BCUT2D eigenvalue weighted by atomic mass is 16.2. The molecule has 2 N–H and O–H groups in total. The molecule has 0 heterocycles. The largest absolute Gasteiger partial charge is 0.356 e. The number of nitrogens with zero attached hydrogens (tertiary/aromatic N) is 2. The second-order valence-corrected chi connectivity index (χ2v) is 6.26. The molecule has 0 aliphatic heterocycles. The van der Waals surface area contributed by atoms with Crippen molar-refractivity contribution < 1.29 is 4.79 Å². The average Bonchev–Trinajstić information content (AvgIpc) is 2.53. The van der Waals surface area contributed by atoms with E-state index in [0.717, 1.165) is 18.5 Å². The molecule has 0 unspecified atom stereocenters. The molecule has 0 atom stereocenters. The van der Waals surface area contributed by atoms with Crippen LogP contribution in [0.5, 0.6) is 0 Å². The van der Waals surface area contributed by atoms with Crippen LogP contribution in [0.25, 0.3) is 0 Å². The number of carbonyl (C=O) groups excluding carboxylic acids is 1. The van der Waals surface area contributed by atoms with Gasteiger partial charge in [0.15, 0.2) is 5.96 Å². The van der Waals surface area contributed by atoms with Crippen LogP contribution in [0, 0.1) is 5.92 Å². The second kappa shape index (κ2) is 10.6. The highest BCUT2D eigenvalue weighted by molar-refractivity contribution is 5.86. The summed E-state index contributed by atoms with van der Waals surface area (Å²) in [7, 11) is 3.50. The van der Waals surface area contributed by atoms with Crippen LogP contribution in [0.4, 0.5) is 0 Å². The molecule has 0 aliphatic carbocycles. The summed E-state index contributed by atoms with van der Waals surface area (Å²) in [6, 6.07) is 10.1. The average molecular weight is 318 g/mol. The van der Waals surface area contributed by atoms with Gasteiger partial charge < -0.3 is 15.5 Å². The molecule has 0 aromatic heterocycles. The van der Waals surface area contributed by atoms with E-state index in [1.807, 2.05) is 30.3 Å². The molecule has 0 bridgehead atoms. The molecule has 1 aromatic rings. The van der Waals surface area contributed by atoms with Crippen molar-refractivity contribution in [1.29, 1.82) is 0 Å². The third kappa shape index (κ3) is 8.86. The molecule has 1 rings (SSSR count). The third-order valence-electron chi connectivity index (χ3n) is 3.42. The standard InChI is InChI=1S/C18H30N4O/c1-15(2)9-8-12-19-18(21-14-17(23)22(3)4)20-13-16-10-6-5-7-11-16/h5-7,10-11,15H,8-9,12-14H2,1-4H3,(H2,19,20,21). The van der Waals surface area contributed by atoms with Crippen LogP contribution in [0.1, 0.15) is 32.3 Å². The van der Waals surface area contributed by atoms with Crippen LogP contribution < -0.4 is 10.6 Å². The van der Waals surface area contributed by atoms with Crippen molar-refractivity contribution in [3.05, 3.63) is 35.9 Å². The number of rotatable bonds is 8. The fourth-order valence-electron chi connectivity index (χ4n) is 1.96. The fourth-order valence-corrected chi connectivity index (χ4v) is 1.96. The number of amides is 1. The number of benzene rings is 1. The Balaban J connectivity index is 2.54. The number of likely N-dealkylation sites (N-methyl/N-ethyl adjacent to an activating group) is 1. The Morgan fingerprint density at radius 1 is 1.17 bits per heavy atom. The highest BCUT2D eigenvalue weighted by Gasteiger charge is 2.06. The molecule has 1 amide bonds. The minimum absolute atomic E-state index is 0.0291. The number of carbonyl (C=O) groups is 1. The zero-order valence-electron chi connectivity index (χ0n) is 14.8. The number of guanidine groups is 1. The van der Waals surface area contributed by atoms with Gasteiger partial charge in [0.2, 0.25) is 5.91 Å². The molecule has 5 heteroatoms. The van der Waals surface area contributed by atoms with Gasteiger partial charge >= 0.3 is 0 Å². The lowest BCUT2D eigenvalue weighted by atomic mass is 10.1. The molecule has 0 saturated heterocycles. The summed E-state index contributed by atoms with van der Waals surface area (Å²) in [5.41, 5.74) is 1.15. The fraction of sp³-hybridized carbons (Fsp3) is 0.556. The lowest BCUT2D eigenvalue weighted by Crippen LogP contribution is -2.43. The SMILES string of the molecule is CC(C)CCCNC(=NCc1ccccc1)NCC(=O)N(C)C. The van der Waals surface area contributed by atoms with Crippen molar-refractivity contribution >= 4 is 11.9 Å². The number of aliphatic imine (C=N–C) groups is 1. The lowest BCUT2D eigenvalue weighted by Gasteiger charge is -2.15. The Kier molecular flexibility index (Phi) is 8.80. The van der Waals surface area contributed by atoms with Gasteiger partial charge in [0.1, 0.15) is 0 Å². The summed E-state index contributed by atoms with van der Waals surface area (Å²) in [5.74, 6) is 1.42. The van der Waals surface area contributed by atoms with E-state index in [2.05, 4.69) is 29.5 Å². The van der Waals surface area contributed by atoms with E-state index >= 15 is 0 Å². The molecule has 1 aromatic carbocycles. The predicted molar refractivity (Wildman–Crippen MR) is 96.4 cm³/mol. The van der Waals surface area contributed by atoms with Gasteiger partial charge in [-0.25, -0.2) is 4.99 Å². The maximum absolute atomic E-state index is 11.7. The van der Waals surface area contributed by atoms with Gasteiger partial charge in [-0.3, -0.25) is 4.79 Å². The van der Waals surface area contributed by atoms with Gasteiger partial charge in [-0.05, 0) is 24.3 Å². The molecule has 23 heavy (non-hydrogen) atoms. The van der Waals surface area contributed by atoms with Gasteiger partial charge in [-0.15, -0.1) is 0 Å². The Morgan fingerprint density at radius 2 is 1.87 bits per heavy atom. The number of hydrogen-bond donors (Lipinski definition) is 2. The van der Waals surface area contributed by atoms with Gasteiger partial charge in [0.25, 0.3) is 0 Å². The normalized spacial score (nSPS) is 11.4. The number of hydrogen-bond acceptors (Lipinski definition) is 2. The van der Waals surface area contributed by atoms with Crippen LogP contribution in [0.2, 0.25) is 0 Å². The zero-order valence-corrected chi connectivity index (χ0v) is 14.8. The molecule has 0 saturated carbocycles. The van der Waals surface area contributed by atoms with Crippen molar-refractivity contribution in [2.75, 3.05) is 27.2 Å². The molecule has 0 aliphatic rings. The smallest absolute Gasteiger partial charge is 0.241 e. The maximum Gasteiger partial charge on any atom is 0.241 e. The molecule has 5 nitrogen and oxygen atoms in total. The van der Waals surface area contributed by atoms with E-state index in [9.17, 15) is 4.79 Å². The Morgan fingerprint density at radius 3 is 2.48 bits per heavy atom. The summed E-state index contributed by atoms with van der Waals surface area (Å²) >= 11 is 0. The third-order valence-corrected chi connectivity index (χ3v) is 3.42. The first-order chi connectivity index (χ1) is 11.0. The van der Waals surface area contributed by atoms with Gasteiger partial charge in [0, 0.05) is 20.6 Å². The lowest BCUT2D eigenvalue weighted by molar-refractivity contribution is -0.127. The molecule has 128 valence electrons. The minimum Gasteiger partial charge on any atom is -0.356 e. The Bertz CT molecular complexity index is 483. The number of nitrogens with one attached hydrogen (secondary N) is 2. The predicted octanol–water partition coefficient (Wildman–Crippen LogP) is 2.25. The molecular formula is C18H30N4O. The Labute approximate surface area is 140 Å². The van der Waals surface area contributed by atoms with Crippen LogP contribution in [0.15, 0.2) is 35.3 Å².